The van der Waals surface area contributed by atoms with Gasteiger partial charge in [0.05, 0.1) is 12.6 Å². The number of hydrogen-bond donors (Lipinski definition) is 2. The van der Waals surface area contributed by atoms with Gasteiger partial charge in [0, 0.05) is 19.3 Å². The van der Waals surface area contributed by atoms with E-state index >= 15 is 0 Å². The van der Waals surface area contributed by atoms with E-state index in [2.05, 4.69) is 46.5 Å². The second-order valence-electron chi connectivity index (χ2n) is 5.45. The van der Waals surface area contributed by atoms with Gasteiger partial charge in [-0.1, -0.05) is 25.1 Å². The highest BCUT2D eigenvalue weighted by Gasteiger charge is 2.24. The van der Waals surface area contributed by atoms with E-state index in [1.54, 1.807) is 7.11 Å². The van der Waals surface area contributed by atoms with Crippen LogP contribution in [-0.4, -0.2) is 32.3 Å². The predicted octanol–water partition coefficient (Wildman–Crippen LogP) is 1.54. The van der Waals surface area contributed by atoms with Gasteiger partial charge in [-0.15, -0.1) is 0 Å². The standard InChI is InChI=1S/C15H24N4O/c1-11-8-13-6-4-5-7-14(13)19(9-11)15(18-16)17-12(2)10-20-3/h4-7,11-12H,8-10,16H2,1-3H3,(H,17,18). The summed E-state index contributed by atoms with van der Waals surface area (Å²) in [5.74, 6) is 6.96. The molecule has 0 saturated heterocycles. The Morgan fingerprint density at radius 2 is 2.30 bits per heavy atom. The topological polar surface area (TPSA) is 62.9 Å². The van der Waals surface area contributed by atoms with Gasteiger partial charge in [0.1, 0.15) is 0 Å². The van der Waals surface area contributed by atoms with Crippen molar-refractivity contribution >= 4 is 11.6 Å². The number of guanidine groups is 1. The van der Waals surface area contributed by atoms with Crippen molar-refractivity contribution < 1.29 is 4.74 Å². The smallest absolute Gasteiger partial charge is 0.213 e. The highest BCUT2D eigenvalue weighted by atomic mass is 16.5. The van der Waals surface area contributed by atoms with Gasteiger partial charge >= 0.3 is 0 Å². The van der Waals surface area contributed by atoms with Crippen molar-refractivity contribution in [2.24, 2.45) is 16.8 Å². The van der Waals surface area contributed by atoms with Crippen molar-refractivity contribution in [2.75, 3.05) is 25.2 Å². The molecule has 0 saturated carbocycles. The van der Waals surface area contributed by atoms with Crippen LogP contribution in [0.25, 0.3) is 0 Å². The Labute approximate surface area is 120 Å². The Kier molecular flexibility index (Phi) is 4.98. The molecule has 0 aromatic heterocycles. The monoisotopic (exact) mass is 276 g/mol. The summed E-state index contributed by atoms with van der Waals surface area (Å²) >= 11 is 0. The minimum absolute atomic E-state index is 0.0652. The number of ether oxygens (including phenoxy) is 1. The minimum atomic E-state index is 0.0652. The first kappa shape index (κ1) is 14.8. The van der Waals surface area contributed by atoms with E-state index in [0.717, 1.165) is 13.0 Å². The van der Waals surface area contributed by atoms with E-state index in [1.807, 2.05) is 6.92 Å². The summed E-state index contributed by atoms with van der Waals surface area (Å²) in [6.45, 7) is 5.76. The lowest BCUT2D eigenvalue weighted by Gasteiger charge is -2.35. The van der Waals surface area contributed by atoms with Gasteiger partial charge in [0.2, 0.25) is 5.96 Å². The SMILES string of the molecule is COCC(C)N=C(NN)N1CC(C)Cc2ccccc21. The number of nitrogens with zero attached hydrogens (tertiary/aromatic N) is 2. The summed E-state index contributed by atoms with van der Waals surface area (Å²) in [5, 5.41) is 0. The van der Waals surface area contributed by atoms with Crippen molar-refractivity contribution in [3.05, 3.63) is 29.8 Å². The first-order valence-corrected chi connectivity index (χ1v) is 7.04. The van der Waals surface area contributed by atoms with E-state index in [0.29, 0.717) is 18.5 Å². The molecule has 2 atom stereocenters. The van der Waals surface area contributed by atoms with Crippen LogP contribution in [0.15, 0.2) is 29.3 Å². The Morgan fingerprint density at radius 1 is 1.55 bits per heavy atom. The third-order valence-corrected chi connectivity index (χ3v) is 3.48. The molecule has 1 aromatic rings. The zero-order chi connectivity index (χ0) is 14.5. The van der Waals surface area contributed by atoms with Crippen LogP contribution in [0.5, 0.6) is 0 Å². The fourth-order valence-electron chi connectivity index (χ4n) is 2.67. The van der Waals surface area contributed by atoms with Crippen LogP contribution in [0.1, 0.15) is 19.4 Å². The van der Waals surface area contributed by atoms with Gasteiger partial charge in [-0.25, -0.2) is 10.8 Å². The molecule has 0 spiro atoms. The molecule has 0 fully saturated rings. The second kappa shape index (κ2) is 6.72. The molecule has 5 heteroatoms. The molecule has 1 aliphatic rings. The zero-order valence-corrected chi connectivity index (χ0v) is 12.5. The van der Waals surface area contributed by atoms with Crippen LogP contribution in [0.4, 0.5) is 5.69 Å². The number of nitrogens with two attached hydrogens (primary N) is 1. The fourth-order valence-corrected chi connectivity index (χ4v) is 2.67. The Bertz CT molecular complexity index is 475. The second-order valence-corrected chi connectivity index (χ2v) is 5.45. The Morgan fingerprint density at radius 3 is 3.00 bits per heavy atom. The number of hydrazine groups is 1. The normalized spacial score (nSPS) is 20.5. The minimum Gasteiger partial charge on any atom is -0.382 e. The van der Waals surface area contributed by atoms with Crippen LogP contribution in [0.2, 0.25) is 0 Å². The van der Waals surface area contributed by atoms with Crippen LogP contribution >= 0.6 is 0 Å². The molecule has 0 radical (unpaired) electrons. The summed E-state index contributed by atoms with van der Waals surface area (Å²) in [6, 6.07) is 8.49. The molecule has 1 aromatic carbocycles. The maximum Gasteiger partial charge on any atom is 0.213 e. The van der Waals surface area contributed by atoms with E-state index in [-0.39, 0.29) is 6.04 Å². The third kappa shape index (κ3) is 3.29. The van der Waals surface area contributed by atoms with E-state index < -0.39 is 0 Å². The highest BCUT2D eigenvalue weighted by Crippen LogP contribution is 2.29. The molecular weight excluding hydrogens is 252 g/mol. The summed E-state index contributed by atoms with van der Waals surface area (Å²) < 4.78 is 5.13. The summed E-state index contributed by atoms with van der Waals surface area (Å²) in [7, 11) is 1.68. The maximum atomic E-state index is 5.69. The number of anilines is 1. The Balaban J connectivity index is 2.30. The number of aliphatic imine (C=N–C) groups is 1. The van der Waals surface area contributed by atoms with Crippen LogP contribution in [0.3, 0.4) is 0 Å². The molecule has 1 aliphatic heterocycles. The van der Waals surface area contributed by atoms with Gasteiger partial charge in [-0.05, 0) is 30.9 Å². The van der Waals surface area contributed by atoms with Gasteiger partial charge in [-0.3, -0.25) is 5.43 Å². The van der Waals surface area contributed by atoms with E-state index in [9.17, 15) is 0 Å². The molecule has 2 unspecified atom stereocenters. The largest absolute Gasteiger partial charge is 0.382 e. The summed E-state index contributed by atoms with van der Waals surface area (Å²) in [5.41, 5.74) is 5.27. The van der Waals surface area contributed by atoms with Crippen LogP contribution < -0.4 is 16.2 Å². The molecule has 5 nitrogen and oxygen atoms in total. The molecule has 2 rings (SSSR count). The molecule has 0 amide bonds. The Hall–Kier alpha value is -1.59. The summed E-state index contributed by atoms with van der Waals surface area (Å²) in [6.07, 6.45) is 1.10. The first-order valence-electron chi connectivity index (χ1n) is 7.04. The lowest BCUT2D eigenvalue weighted by molar-refractivity contribution is 0.185. The number of fused-ring (bicyclic) bond motifs is 1. The van der Waals surface area contributed by atoms with Crippen molar-refractivity contribution in [1.82, 2.24) is 5.43 Å². The average molecular weight is 276 g/mol. The van der Waals surface area contributed by atoms with E-state index in [1.165, 1.54) is 11.3 Å². The van der Waals surface area contributed by atoms with Gasteiger partial charge < -0.3 is 9.64 Å². The number of rotatable bonds is 3. The number of nitrogens with one attached hydrogen (secondary N) is 1. The predicted molar refractivity (Wildman–Crippen MR) is 82.8 cm³/mol. The molecule has 0 aliphatic carbocycles. The summed E-state index contributed by atoms with van der Waals surface area (Å²) in [4.78, 5) is 6.79. The highest BCUT2D eigenvalue weighted by molar-refractivity contribution is 5.97. The molecule has 1 heterocycles. The van der Waals surface area contributed by atoms with Gasteiger partial charge in [0.15, 0.2) is 0 Å². The maximum absolute atomic E-state index is 5.69. The zero-order valence-electron chi connectivity index (χ0n) is 12.5. The molecule has 20 heavy (non-hydrogen) atoms. The molecule has 110 valence electrons. The lowest BCUT2D eigenvalue weighted by atomic mass is 9.94. The number of hydrogen-bond acceptors (Lipinski definition) is 3. The molecular formula is C15H24N4O. The van der Waals surface area contributed by atoms with Crippen molar-refractivity contribution in [1.29, 1.82) is 0 Å². The van der Waals surface area contributed by atoms with E-state index in [4.69, 9.17) is 10.6 Å². The van der Waals surface area contributed by atoms with Crippen LogP contribution in [-0.2, 0) is 11.2 Å². The van der Waals surface area contributed by atoms with Gasteiger partial charge in [-0.2, -0.15) is 0 Å². The van der Waals surface area contributed by atoms with Crippen LogP contribution in [0, 0.1) is 5.92 Å². The third-order valence-electron chi connectivity index (χ3n) is 3.48. The lowest BCUT2D eigenvalue weighted by Crippen LogP contribution is -2.49. The van der Waals surface area contributed by atoms with Gasteiger partial charge in [0.25, 0.3) is 0 Å². The van der Waals surface area contributed by atoms with Crippen molar-refractivity contribution in [3.8, 4) is 0 Å². The quantitative estimate of drug-likeness (QED) is 0.380. The number of methoxy groups -OCH3 is 1. The van der Waals surface area contributed by atoms with Crippen molar-refractivity contribution in [3.63, 3.8) is 0 Å². The first-order chi connectivity index (χ1) is 9.65. The molecule has 3 N–H and O–H groups in total. The average Bonchev–Trinajstić information content (AvgIpc) is 2.44. The fraction of sp³-hybridized carbons (Fsp3) is 0.533. The molecule has 0 bridgehead atoms. The number of para-hydroxylation sites is 1. The number of benzene rings is 1. The van der Waals surface area contributed by atoms with Crippen molar-refractivity contribution in [2.45, 2.75) is 26.3 Å².